The minimum atomic E-state index is -0.620. The van der Waals surface area contributed by atoms with E-state index in [1.54, 1.807) is 53.2 Å². The molecule has 2 aromatic carbocycles. The van der Waals surface area contributed by atoms with Gasteiger partial charge in [-0.1, -0.05) is 12.1 Å². The number of anilines is 1. The van der Waals surface area contributed by atoms with E-state index in [1.807, 2.05) is 33.8 Å². The molecule has 2 N–H and O–H groups in total. The van der Waals surface area contributed by atoms with Crippen molar-refractivity contribution >= 4 is 23.5 Å². The number of carbonyl (C=O) groups is 3. The number of esters is 1. The second-order valence-corrected chi connectivity index (χ2v) is 7.68. The number of benzene rings is 2. The number of carbonyl (C=O) groups excluding carboxylic acids is 3. The monoisotopic (exact) mass is 434 g/mol. The molecule has 8 heteroatoms. The zero-order chi connectivity index (χ0) is 23.3. The lowest BCUT2D eigenvalue weighted by atomic mass is 10.1. The molecule has 0 fully saturated rings. The van der Waals surface area contributed by atoms with Crippen molar-refractivity contribution in [2.75, 3.05) is 11.9 Å². The van der Waals surface area contributed by atoms with Crippen LogP contribution in [0.25, 0.3) is 5.69 Å². The molecule has 0 spiro atoms. The van der Waals surface area contributed by atoms with Gasteiger partial charge in [-0.3, -0.25) is 9.59 Å². The van der Waals surface area contributed by atoms with Crippen LogP contribution in [0.1, 0.15) is 46.0 Å². The fourth-order valence-electron chi connectivity index (χ4n) is 3.16. The van der Waals surface area contributed by atoms with E-state index in [1.165, 1.54) is 0 Å². The van der Waals surface area contributed by atoms with Crippen LogP contribution < -0.4 is 10.6 Å². The summed E-state index contributed by atoms with van der Waals surface area (Å²) < 4.78 is 6.91. The van der Waals surface area contributed by atoms with E-state index in [0.29, 0.717) is 16.8 Å². The van der Waals surface area contributed by atoms with Gasteiger partial charge >= 0.3 is 5.97 Å². The molecule has 3 aromatic rings. The van der Waals surface area contributed by atoms with Crippen molar-refractivity contribution in [3.05, 3.63) is 77.1 Å². The van der Waals surface area contributed by atoms with Crippen LogP contribution in [-0.2, 0) is 9.53 Å². The molecule has 2 amide bonds. The Kier molecular flexibility index (Phi) is 7.04. The molecule has 32 heavy (non-hydrogen) atoms. The maximum Gasteiger partial charge on any atom is 0.338 e. The lowest BCUT2D eigenvalue weighted by Crippen LogP contribution is -2.31. The normalized spacial score (nSPS) is 10.7. The molecule has 0 atom stereocenters. The zero-order valence-corrected chi connectivity index (χ0v) is 18.5. The summed E-state index contributed by atoms with van der Waals surface area (Å²) in [4.78, 5) is 36.9. The number of aromatic nitrogens is 2. The molecule has 0 aliphatic heterocycles. The Balaban J connectivity index is 1.59. The van der Waals surface area contributed by atoms with Gasteiger partial charge < -0.3 is 15.4 Å². The highest BCUT2D eigenvalue weighted by Crippen LogP contribution is 2.16. The van der Waals surface area contributed by atoms with Crippen molar-refractivity contribution in [1.29, 1.82) is 0 Å². The maximum atomic E-state index is 12.3. The van der Waals surface area contributed by atoms with Crippen molar-refractivity contribution in [2.24, 2.45) is 0 Å². The molecule has 3 rings (SSSR count). The lowest BCUT2D eigenvalue weighted by molar-refractivity contribution is -0.119. The molecule has 1 heterocycles. The van der Waals surface area contributed by atoms with Crippen LogP contribution in [0.5, 0.6) is 0 Å². The fourth-order valence-corrected chi connectivity index (χ4v) is 3.16. The van der Waals surface area contributed by atoms with E-state index in [2.05, 4.69) is 15.7 Å². The van der Waals surface area contributed by atoms with Gasteiger partial charge in [-0.15, -0.1) is 0 Å². The highest BCUT2D eigenvalue weighted by molar-refractivity contribution is 6.04. The summed E-state index contributed by atoms with van der Waals surface area (Å²) >= 11 is 0. The number of nitrogens with zero attached hydrogens (tertiary/aromatic N) is 2. The van der Waals surface area contributed by atoms with Crippen molar-refractivity contribution in [3.63, 3.8) is 0 Å². The first-order chi connectivity index (χ1) is 15.2. The smallest absolute Gasteiger partial charge is 0.338 e. The quantitative estimate of drug-likeness (QED) is 0.555. The average Bonchev–Trinajstić information content (AvgIpc) is 3.10. The van der Waals surface area contributed by atoms with E-state index in [9.17, 15) is 14.4 Å². The molecule has 0 unspecified atom stereocenters. The van der Waals surface area contributed by atoms with Crippen LogP contribution in [0, 0.1) is 13.8 Å². The van der Waals surface area contributed by atoms with Crippen molar-refractivity contribution in [3.8, 4) is 5.69 Å². The number of hydrogen-bond acceptors (Lipinski definition) is 5. The van der Waals surface area contributed by atoms with E-state index in [-0.39, 0.29) is 11.9 Å². The van der Waals surface area contributed by atoms with Crippen molar-refractivity contribution in [1.82, 2.24) is 15.1 Å². The van der Waals surface area contributed by atoms with Crippen LogP contribution >= 0.6 is 0 Å². The van der Waals surface area contributed by atoms with Gasteiger partial charge in [0.1, 0.15) is 0 Å². The first-order valence-electron chi connectivity index (χ1n) is 10.2. The van der Waals surface area contributed by atoms with Gasteiger partial charge in [-0.2, -0.15) is 5.10 Å². The topological polar surface area (TPSA) is 102 Å². The van der Waals surface area contributed by atoms with Gasteiger partial charge in [0.2, 0.25) is 0 Å². The molecule has 8 nitrogen and oxygen atoms in total. The Labute approximate surface area is 186 Å². The Morgan fingerprint density at radius 1 is 1.03 bits per heavy atom. The third kappa shape index (κ3) is 5.60. The molecule has 0 saturated carbocycles. The SMILES string of the molecule is Cc1cc(C)n(-c2ccc(C(=O)OCC(=O)Nc3ccccc3C(=O)NC(C)C)cc2)n1. The number of aryl methyl sites for hydroxylation is 2. The summed E-state index contributed by atoms with van der Waals surface area (Å²) in [5.74, 6) is -1.45. The Morgan fingerprint density at radius 2 is 1.72 bits per heavy atom. The minimum absolute atomic E-state index is 0.0418. The third-order valence-corrected chi connectivity index (χ3v) is 4.56. The molecule has 166 valence electrons. The van der Waals surface area contributed by atoms with Crippen LogP contribution in [-0.4, -0.2) is 40.2 Å². The average molecular weight is 434 g/mol. The summed E-state index contributed by atoms with van der Waals surface area (Å²) in [5.41, 5.74) is 3.71. The highest BCUT2D eigenvalue weighted by Gasteiger charge is 2.15. The number of ether oxygens (including phenoxy) is 1. The van der Waals surface area contributed by atoms with Crippen molar-refractivity contribution < 1.29 is 19.1 Å². The van der Waals surface area contributed by atoms with Crippen LogP contribution in [0.3, 0.4) is 0 Å². The van der Waals surface area contributed by atoms with Gasteiger partial charge in [0.05, 0.1) is 28.2 Å². The van der Waals surface area contributed by atoms with Gasteiger partial charge in [0, 0.05) is 11.7 Å². The van der Waals surface area contributed by atoms with Crippen LogP contribution in [0.2, 0.25) is 0 Å². The molecule has 0 radical (unpaired) electrons. The Bertz CT molecular complexity index is 1130. The Morgan fingerprint density at radius 3 is 2.34 bits per heavy atom. The van der Waals surface area contributed by atoms with Crippen LogP contribution in [0.15, 0.2) is 54.6 Å². The highest BCUT2D eigenvalue weighted by atomic mass is 16.5. The molecular formula is C24H26N4O4. The van der Waals surface area contributed by atoms with Gasteiger partial charge in [-0.05, 0) is 70.2 Å². The van der Waals surface area contributed by atoms with E-state index in [0.717, 1.165) is 17.1 Å². The second kappa shape index (κ2) is 9.91. The summed E-state index contributed by atoms with van der Waals surface area (Å²) in [6.07, 6.45) is 0. The number of amides is 2. The second-order valence-electron chi connectivity index (χ2n) is 7.68. The number of rotatable bonds is 7. The third-order valence-electron chi connectivity index (χ3n) is 4.56. The number of nitrogens with one attached hydrogen (secondary N) is 2. The predicted octanol–water partition coefficient (Wildman–Crippen LogP) is 3.42. The largest absolute Gasteiger partial charge is 0.452 e. The lowest BCUT2D eigenvalue weighted by Gasteiger charge is -2.13. The van der Waals surface area contributed by atoms with Crippen molar-refractivity contribution in [2.45, 2.75) is 33.7 Å². The zero-order valence-electron chi connectivity index (χ0n) is 18.5. The van der Waals surface area contributed by atoms with Gasteiger partial charge in [0.25, 0.3) is 11.8 Å². The van der Waals surface area contributed by atoms with Gasteiger partial charge in [0.15, 0.2) is 6.61 Å². The first kappa shape index (κ1) is 22.7. The summed E-state index contributed by atoms with van der Waals surface area (Å²) in [6, 6.07) is 15.3. The molecule has 0 bridgehead atoms. The molecule has 0 aliphatic rings. The molecule has 0 aliphatic carbocycles. The van der Waals surface area contributed by atoms with E-state index >= 15 is 0 Å². The van der Waals surface area contributed by atoms with E-state index < -0.39 is 18.5 Å². The molecular weight excluding hydrogens is 408 g/mol. The summed E-state index contributed by atoms with van der Waals surface area (Å²) in [5, 5.41) is 9.81. The maximum absolute atomic E-state index is 12.3. The molecule has 1 aromatic heterocycles. The number of para-hydroxylation sites is 1. The van der Waals surface area contributed by atoms with Gasteiger partial charge in [-0.25, -0.2) is 9.48 Å². The molecule has 0 saturated heterocycles. The summed E-state index contributed by atoms with van der Waals surface area (Å²) in [7, 11) is 0. The first-order valence-corrected chi connectivity index (χ1v) is 10.2. The standard InChI is InChI=1S/C24H26N4O4/c1-15(2)25-23(30)20-7-5-6-8-21(20)26-22(29)14-32-24(31)18-9-11-19(12-10-18)28-17(4)13-16(3)27-28/h5-13,15H,14H2,1-4H3,(H,25,30)(H,26,29). The Hall–Kier alpha value is -3.94. The van der Waals surface area contributed by atoms with E-state index in [4.69, 9.17) is 4.74 Å². The number of hydrogen-bond donors (Lipinski definition) is 2. The summed E-state index contributed by atoms with van der Waals surface area (Å²) in [6.45, 7) is 7.09. The minimum Gasteiger partial charge on any atom is -0.452 e. The van der Waals surface area contributed by atoms with Crippen LogP contribution in [0.4, 0.5) is 5.69 Å². The fraction of sp³-hybridized carbons (Fsp3) is 0.250. The predicted molar refractivity (Wildman–Crippen MR) is 121 cm³/mol.